The summed E-state index contributed by atoms with van der Waals surface area (Å²) < 4.78 is 6.54. The fourth-order valence-electron chi connectivity index (χ4n) is 1.98. The molecular weight excluding hydrogens is 328 g/mol. The maximum atomic E-state index is 12.2. The van der Waals surface area contributed by atoms with Gasteiger partial charge in [0, 0.05) is 0 Å². The van der Waals surface area contributed by atoms with Crippen LogP contribution in [0.5, 0.6) is 0 Å². The Kier molecular flexibility index (Phi) is 4.39. The first-order chi connectivity index (χ1) is 11.6. The maximum Gasteiger partial charge on any atom is 0.379 e. The van der Waals surface area contributed by atoms with Crippen molar-refractivity contribution in [3.8, 4) is 16.4 Å². The summed E-state index contributed by atoms with van der Waals surface area (Å²) in [6, 6.07) is 13.1. The van der Waals surface area contributed by atoms with E-state index in [2.05, 4.69) is 10.1 Å². The average molecular weight is 342 g/mol. The second-order valence-corrected chi connectivity index (χ2v) is 5.88. The quantitative estimate of drug-likeness (QED) is 0.715. The summed E-state index contributed by atoms with van der Waals surface area (Å²) in [7, 11) is 0. The number of aromatic nitrogens is 3. The van der Waals surface area contributed by atoms with E-state index in [4.69, 9.17) is 10.5 Å². The molecule has 7 nitrogen and oxygen atoms in total. The Morgan fingerprint density at radius 1 is 1.21 bits per heavy atom. The van der Waals surface area contributed by atoms with E-state index in [9.17, 15) is 9.59 Å². The summed E-state index contributed by atoms with van der Waals surface area (Å²) in [5.41, 5.74) is 5.86. The van der Waals surface area contributed by atoms with Gasteiger partial charge in [-0.1, -0.05) is 24.3 Å². The fraction of sp³-hybridized carbons (Fsp3) is 0.125. The van der Waals surface area contributed by atoms with Crippen molar-refractivity contribution in [2.75, 3.05) is 0 Å². The molecule has 0 unspecified atom stereocenters. The van der Waals surface area contributed by atoms with E-state index in [1.54, 1.807) is 4.68 Å². The Bertz CT molecular complexity index is 859. The number of carbonyl (C=O) groups excluding carboxylic acids is 2. The van der Waals surface area contributed by atoms with Gasteiger partial charge >= 0.3 is 5.97 Å². The summed E-state index contributed by atoms with van der Waals surface area (Å²) >= 11 is 1.48. The van der Waals surface area contributed by atoms with Crippen LogP contribution in [0.25, 0.3) is 16.4 Å². The van der Waals surface area contributed by atoms with E-state index in [0.717, 1.165) is 10.6 Å². The SMILES string of the molecule is C[C@@H](OC(=O)c1nc(-c2cccs2)n(-c2ccccc2)n1)C(N)=O. The molecule has 0 saturated carbocycles. The highest BCUT2D eigenvalue weighted by atomic mass is 32.1. The minimum atomic E-state index is -1.05. The lowest BCUT2D eigenvalue weighted by atomic mass is 10.3. The zero-order chi connectivity index (χ0) is 17.1. The molecule has 122 valence electrons. The molecule has 0 aliphatic carbocycles. The van der Waals surface area contributed by atoms with E-state index < -0.39 is 18.0 Å². The number of hydrogen-bond acceptors (Lipinski definition) is 6. The Hall–Kier alpha value is -3.00. The van der Waals surface area contributed by atoms with Crippen molar-refractivity contribution in [2.45, 2.75) is 13.0 Å². The molecule has 0 spiro atoms. The zero-order valence-electron chi connectivity index (χ0n) is 12.7. The lowest BCUT2D eigenvalue weighted by Gasteiger charge is -2.06. The second kappa shape index (κ2) is 6.63. The number of carbonyl (C=O) groups is 2. The van der Waals surface area contributed by atoms with E-state index in [0.29, 0.717) is 5.82 Å². The molecule has 3 rings (SSSR count). The van der Waals surface area contributed by atoms with Crippen LogP contribution in [0, 0.1) is 0 Å². The average Bonchev–Trinajstić information content (AvgIpc) is 3.24. The number of nitrogens with zero attached hydrogens (tertiary/aromatic N) is 3. The second-order valence-electron chi connectivity index (χ2n) is 4.93. The van der Waals surface area contributed by atoms with Gasteiger partial charge in [0.05, 0.1) is 10.6 Å². The third kappa shape index (κ3) is 3.18. The lowest BCUT2D eigenvalue weighted by molar-refractivity contribution is -0.125. The summed E-state index contributed by atoms with van der Waals surface area (Å²) in [5, 5.41) is 6.14. The number of hydrogen-bond donors (Lipinski definition) is 1. The summed E-state index contributed by atoms with van der Waals surface area (Å²) in [6.07, 6.45) is -1.05. The lowest BCUT2D eigenvalue weighted by Crippen LogP contribution is -2.30. The Labute approximate surface area is 141 Å². The van der Waals surface area contributed by atoms with Crippen LogP contribution >= 0.6 is 11.3 Å². The first kappa shape index (κ1) is 15.9. The van der Waals surface area contributed by atoms with Crippen molar-refractivity contribution >= 4 is 23.2 Å². The maximum absolute atomic E-state index is 12.2. The molecular formula is C16H14N4O3S. The van der Waals surface area contributed by atoms with Gasteiger partial charge in [-0.2, -0.15) is 4.98 Å². The molecule has 0 saturated heterocycles. The van der Waals surface area contributed by atoms with Gasteiger partial charge in [0.15, 0.2) is 11.9 Å². The van der Waals surface area contributed by atoms with Crippen molar-refractivity contribution < 1.29 is 14.3 Å². The van der Waals surface area contributed by atoms with Gasteiger partial charge in [-0.05, 0) is 30.5 Å². The Morgan fingerprint density at radius 3 is 2.58 bits per heavy atom. The summed E-state index contributed by atoms with van der Waals surface area (Å²) in [4.78, 5) is 28.3. The van der Waals surface area contributed by atoms with Gasteiger partial charge in [-0.25, -0.2) is 9.48 Å². The fourth-order valence-corrected chi connectivity index (χ4v) is 2.68. The van der Waals surface area contributed by atoms with E-state index in [1.807, 2.05) is 47.8 Å². The van der Waals surface area contributed by atoms with E-state index >= 15 is 0 Å². The molecule has 8 heteroatoms. The topological polar surface area (TPSA) is 100 Å². The molecule has 2 aromatic heterocycles. The molecule has 2 heterocycles. The number of ether oxygens (including phenoxy) is 1. The third-order valence-corrected chi connectivity index (χ3v) is 4.08. The van der Waals surface area contributed by atoms with Gasteiger partial charge in [-0.15, -0.1) is 16.4 Å². The third-order valence-electron chi connectivity index (χ3n) is 3.22. The highest BCUT2D eigenvalue weighted by Crippen LogP contribution is 2.25. The van der Waals surface area contributed by atoms with Crippen molar-refractivity contribution in [1.29, 1.82) is 0 Å². The molecule has 24 heavy (non-hydrogen) atoms. The van der Waals surface area contributed by atoms with Gasteiger partial charge < -0.3 is 10.5 Å². The van der Waals surface area contributed by atoms with Crippen LogP contribution in [0.1, 0.15) is 17.5 Å². The Balaban J connectivity index is 2.01. The van der Waals surface area contributed by atoms with Crippen LogP contribution in [-0.4, -0.2) is 32.7 Å². The van der Waals surface area contributed by atoms with Crippen molar-refractivity contribution in [1.82, 2.24) is 14.8 Å². The highest BCUT2D eigenvalue weighted by molar-refractivity contribution is 7.13. The smallest absolute Gasteiger partial charge is 0.379 e. The van der Waals surface area contributed by atoms with Crippen LogP contribution in [0.2, 0.25) is 0 Å². The highest BCUT2D eigenvalue weighted by Gasteiger charge is 2.23. The van der Waals surface area contributed by atoms with E-state index in [1.165, 1.54) is 18.3 Å². The first-order valence-electron chi connectivity index (χ1n) is 7.13. The molecule has 0 bridgehead atoms. The number of amides is 1. The predicted molar refractivity (Wildman–Crippen MR) is 88.7 cm³/mol. The molecule has 0 aliphatic heterocycles. The minimum absolute atomic E-state index is 0.129. The zero-order valence-corrected chi connectivity index (χ0v) is 13.6. The first-order valence-corrected chi connectivity index (χ1v) is 8.01. The normalized spacial score (nSPS) is 11.9. The molecule has 0 fully saturated rings. The van der Waals surface area contributed by atoms with Crippen LogP contribution in [0.15, 0.2) is 47.8 Å². The van der Waals surface area contributed by atoms with Crippen LogP contribution in [0.3, 0.4) is 0 Å². The van der Waals surface area contributed by atoms with Gasteiger partial charge in [0.1, 0.15) is 0 Å². The molecule has 3 aromatic rings. The van der Waals surface area contributed by atoms with E-state index in [-0.39, 0.29) is 5.82 Å². The van der Waals surface area contributed by atoms with Crippen LogP contribution < -0.4 is 5.73 Å². The van der Waals surface area contributed by atoms with Gasteiger partial charge in [0.25, 0.3) is 11.7 Å². The van der Waals surface area contributed by atoms with Crippen molar-refractivity contribution in [3.63, 3.8) is 0 Å². The number of rotatable bonds is 5. The number of primary amides is 1. The van der Waals surface area contributed by atoms with Gasteiger partial charge in [-0.3, -0.25) is 4.79 Å². The largest absolute Gasteiger partial charge is 0.447 e. The number of para-hydroxylation sites is 1. The number of esters is 1. The van der Waals surface area contributed by atoms with Crippen LogP contribution in [0.4, 0.5) is 0 Å². The van der Waals surface area contributed by atoms with Crippen LogP contribution in [-0.2, 0) is 9.53 Å². The standard InChI is InChI=1S/C16H14N4O3S/c1-10(13(17)21)23-16(22)14-18-15(12-8-5-9-24-12)20(19-14)11-6-3-2-4-7-11/h2-10H,1H3,(H2,17,21)/t10-/m1/s1. The Morgan fingerprint density at radius 2 is 1.96 bits per heavy atom. The molecule has 1 aromatic carbocycles. The molecule has 0 radical (unpaired) electrons. The summed E-state index contributed by atoms with van der Waals surface area (Å²) in [6.45, 7) is 1.40. The minimum Gasteiger partial charge on any atom is -0.447 e. The van der Waals surface area contributed by atoms with Gasteiger partial charge in [0.2, 0.25) is 0 Å². The predicted octanol–water partition coefficient (Wildman–Crippen LogP) is 2.03. The molecule has 1 amide bonds. The number of thiophene rings is 1. The molecule has 1 atom stereocenters. The number of nitrogens with two attached hydrogens (primary N) is 1. The number of benzene rings is 1. The monoisotopic (exact) mass is 342 g/mol. The van der Waals surface area contributed by atoms with Crippen molar-refractivity contribution in [3.05, 3.63) is 53.7 Å². The van der Waals surface area contributed by atoms with Crippen molar-refractivity contribution in [2.24, 2.45) is 5.73 Å². The molecule has 0 aliphatic rings. The summed E-state index contributed by atoms with van der Waals surface area (Å²) in [5.74, 6) is -1.14. The molecule has 2 N–H and O–H groups in total.